The van der Waals surface area contributed by atoms with Gasteiger partial charge in [-0.1, -0.05) is 72.8 Å². The van der Waals surface area contributed by atoms with Crippen molar-refractivity contribution in [2.24, 2.45) is 0 Å². The lowest BCUT2D eigenvalue weighted by Gasteiger charge is -2.31. The quantitative estimate of drug-likeness (QED) is 0.300. The van der Waals surface area contributed by atoms with Gasteiger partial charge in [0, 0.05) is 39.8 Å². The molecule has 8 rings (SSSR count). The van der Waals surface area contributed by atoms with Crippen LogP contribution in [-0.2, 0) is 5.41 Å². The zero-order valence-electron chi connectivity index (χ0n) is 18.8. The molecule has 0 radical (unpaired) electrons. The number of rotatable bonds is 2. The van der Waals surface area contributed by atoms with Gasteiger partial charge in [0.25, 0.3) is 0 Å². The molecule has 1 aliphatic rings. The standard InChI is InChI=1S/C31H20N4/c1-4-12-22-21(11-1)29-30(35-28-16-8-7-15-27(28)34-29)31(22,23-17-32-25-13-5-2-9-19(23)25)24-18-33-26-14-6-3-10-20(24)26/h1-18,32-33H. The normalized spacial score (nSPS) is 13.9. The SMILES string of the molecule is c1ccc2c(c1)-c1nc3ccccc3nc1C2(c1c[nH]c2ccccc12)c1c[nH]c2ccccc12. The van der Waals surface area contributed by atoms with Crippen LogP contribution in [0.4, 0.5) is 0 Å². The van der Waals surface area contributed by atoms with Gasteiger partial charge in [-0.2, -0.15) is 0 Å². The maximum absolute atomic E-state index is 5.36. The average molecular weight is 449 g/mol. The Labute approximate surface area is 201 Å². The predicted molar refractivity (Wildman–Crippen MR) is 141 cm³/mol. The summed E-state index contributed by atoms with van der Waals surface area (Å²) in [5.74, 6) is 0. The molecular weight excluding hydrogens is 428 g/mol. The van der Waals surface area contributed by atoms with Crippen LogP contribution in [0.2, 0.25) is 0 Å². The second-order valence-corrected chi connectivity index (χ2v) is 9.20. The van der Waals surface area contributed by atoms with Gasteiger partial charge in [0.05, 0.1) is 27.8 Å². The Morgan fingerprint density at radius 2 is 1.06 bits per heavy atom. The van der Waals surface area contributed by atoms with E-state index in [2.05, 4.69) is 101 Å². The van der Waals surface area contributed by atoms with Crippen LogP contribution in [0.5, 0.6) is 0 Å². The average Bonchev–Trinajstić information content (AvgIpc) is 3.61. The van der Waals surface area contributed by atoms with Gasteiger partial charge in [0.2, 0.25) is 0 Å². The molecule has 1 aliphatic carbocycles. The number of aromatic amines is 2. The van der Waals surface area contributed by atoms with E-state index in [1.807, 2.05) is 18.2 Å². The number of H-pyrrole nitrogens is 2. The lowest BCUT2D eigenvalue weighted by atomic mass is 9.69. The predicted octanol–water partition coefficient (Wildman–Crippen LogP) is 6.96. The van der Waals surface area contributed by atoms with Crippen LogP contribution in [0.25, 0.3) is 44.1 Å². The molecule has 0 fully saturated rings. The molecule has 0 amide bonds. The summed E-state index contributed by atoms with van der Waals surface area (Å²) in [5, 5.41) is 2.38. The first kappa shape index (κ1) is 18.7. The number of hydrogen-bond donors (Lipinski definition) is 2. The van der Waals surface area contributed by atoms with Gasteiger partial charge in [-0.15, -0.1) is 0 Å². The summed E-state index contributed by atoms with van der Waals surface area (Å²) in [4.78, 5) is 17.6. The molecule has 4 heteroatoms. The Bertz CT molecular complexity index is 1850. The van der Waals surface area contributed by atoms with Crippen molar-refractivity contribution in [1.29, 1.82) is 0 Å². The van der Waals surface area contributed by atoms with Gasteiger partial charge < -0.3 is 9.97 Å². The van der Waals surface area contributed by atoms with Crippen LogP contribution in [0.3, 0.4) is 0 Å². The lowest BCUT2D eigenvalue weighted by molar-refractivity contribution is 0.753. The van der Waals surface area contributed by atoms with E-state index in [1.165, 1.54) is 27.5 Å². The van der Waals surface area contributed by atoms with Gasteiger partial charge in [0.1, 0.15) is 0 Å². The van der Waals surface area contributed by atoms with Crippen LogP contribution in [0, 0.1) is 0 Å². The first-order valence-corrected chi connectivity index (χ1v) is 11.9. The molecule has 0 aliphatic heterocycles. The first-order valence-electron chi connectivity index (χ1n) is 11.9. The third kappa shape index (κ3) is 2.31. The highest BCUT2D eigenvalue weighted by Gasteiger charge is 2.50. The van der Waals surface area contributed by atoms with Crippen molar-refractivity contribution in [3.63, 3.8) is 0 Å². The molecule has 0 atom stereocenters. The summed E-state index contributed by atoms with van der Waals surface area (Å²) >= 11 is 0. The second-order valence-electron chi connectivity index (χ2n) is 9.20. The fourth-order valence-electron chi connectivity index (χ4n) is 6.05. The maximum Gasteiger partial charge on any atom is 0.0944 e. The number of fused-ring (bicyclic) bond motifs is 6. The van der Waals surface area contributed by atoms with Crippen molar-refractivity contribution < 1.29 is 0 Å². The smallest absolute Gasteiger partial charge is 0.0944 e. The highest BCUT2D eigenvalue weighted by Crippen LogP contribution is 2.57. The second kappa shape index (κ2) is 6.67. The van der Waals surface area contributed by atoms with E-state index in [9.17, 15) is 0 Å². The summed E-state index contributed by atoms with van der Waals surface area (Å²) in [7, 11) is 0. The van der Waals surface area contributed by atoms with Crippen LogP contribution in [0.15, 0.2) is 109 Å². The molecule has 164 valence electrons. The Morgan fingerprint density at radius 3 is 1.74 bits per heavy atom. The summed E-state index contributed by atoms with van der Waals surface area (Å²) in [6.45, 7) is 0. The molecule has 0 saturated heterocycles. The van der Waals surface area contributed by atoms with E-state index in [0.29, 0.717) is 0 Å². The van der Waals surface area contributed by atoms with E-state index in [4.69, 9.17) is 9.97 Å². The van der Waals surface area contributed by atoms with E-state index in [0.717, 1.165) is 39.0 Å². The molecule has 3 aromatic heterocycles. The Balaban J connectivity index is 1.63. The fourth-order valence-corrected chi connectivity index (χ4v) is 6.05. The van der Waals surface area contributed by atoms with Crippen molar-refractivity contribution in [2.45, 2.75) is 5.41 Å². The van der Waals surface area contributed by atoms with Gasteiger partial charge in [0.15, 0.2) is 0 Å². The minimum Gasteiger partial charge on any atom is -0.361 e. The van der Waals surface area contributed by atoms with Crippen LogP contribution < -0.4 is 0 Å². The van der Waals surface area contributed by atoms with E-state index in [1.54, 1.807) is 0 Å². The Kier molecular flexibility index (Phi) is 3.56. The number of para-hydroxylation sites is 4. The van der Waals surface area contributed by atoms with Crippen molar-refractivity contribution in [3.8, 4) is 11.3 Å². The van der Waals surface area contributed by atoms with Gasteiger partial charge >= 0.3 is 0 Å². The number of nitrogens with one attached hydrogen (secondary N) is 2. The summed E-state index contributed by atoms with van der Waals surface area (Å²) in [6, 6.07) is 33.8. The van der Waals surface area contributed by atoms with E-state index < -0.39 is 5.41 Å². The molecule has 3 heterocycles. The monoisotopic (exact) mass is 448 g/mol. The summed E-state index contributed by atoms with van der Waals surface area (Å²) < 4.78 is 0. The minimum absolute atomic E-state index is 0.623. The molecule has 0 spiro atoms. The maximum atomic E-state index is 5.36. The van der Waals surface area contributed by atoms with Crippen molar-refractivity contribution in [3.05, 3.63) is 132 Å². The van der Waals surface area contributed by atoms with Crippen molar-refractivity contribution in [2.75, 3.05) is 0 Å². The van der Waals surface area contributed by atoms with Gasteiger partial charge in [-0.05, 0) is 41.0 Å². The highest BCUT2D eigenvalue weighted by atomic mass is 14.9. The summed E-state index contributed by atoms with van der Waals surface area (Å²) in [6.07, 6.45) is 4.32. The highest BCUT2D eigenvalue weighted by molar-refractivity contribution is 5.97. The Hall–Kier alpha value is -4.70. The number of benzene rings is 4. The number of nitrogens with zero attached hydrogens (tertiary/aromatic N) is 2. The summed E-state index contributed by atoms with van der Waals surface area (Å²) in [5.41, 5.74) is 10.1. The molecule has 0 unspecified atom stereocenters. The molecule has 35 heavy (non-hydrogen) atoms. The molecule has 2 N–H and O–H groups in total. The zero-order valence-corrected chi connectivity index (χ0v) is 18.8. The third-order valence-corrected chi connectivity index (χ3v) is 7.50. The third-order valence-electron chi connectivity index (χ3n) is 7.50. The Morgan fingerprint density at radius 1 is 0.514 bits per heavy atom. The molecule has 4 aromatic carbocycles. The molecule has 7 aromatic rings. The molecule has 4 nitrogen and oxygen atoms in total. The minimum atomic E-state index is -0.623. The van der Waals surface area contributed by atoms with Gasteiger partial charge in [-0.3, -0.25) is 0 Å². The van der Waals surface area contributed by atoms with Gasteiger partial charge in [-0.25, -0.2) is 9.97 Å². The van der Waals surface area contributed by atoms with Crippen molar-refractivity contribution in [1.82, 2.24) is 19.9 Å². The fraction of sp³-hybridized carbons (Fsp3) is 0.0323. The lowest BCUT2D eigenvalue weighted by Crippen LogP contribution is -2.29. The zero-order chi connectivity index (χ0) is 23.0. The van der Waals surface area contributed by atoms with Crippen molar-refractivity contribution >= 4 is 32.8 Å². The van der Waals surface area contributed by atoms with Crippen LogP contribution >= 0.6 is 0 Å². The first-order chi connectivity index (χ1) is 17.4. The molecular formula is C31H20N4. The van der Waals surface area contributed by atoms with E-state index >= 15 is 0 Å². The van der Waals surface area contributed by atoms with Crippen LogP contribution in [0.1, 0.15) is 22.4 Å². The number of hydrogen-bond acceptors (Lipinski definition) is 2. The van der Waals surface area contributed by atoms with E-state index in [-0.39, 0.29) is 0 Å². The molecule has 0 bridgehead atoms. The van der Waals surface area contributed by atoms with Crippen LogP contribution in [-0.4, -0.2) is 19.9 Å². The topological polar surface area (TPSA) is 57.4 Å². The number of aromatic nitrogens is 4. The largest absolute Gasteiger partial charge is 0.361 e. The molecule has 0 saturated carbocycles.